The van der Waals surface area contributed by atoms with Crippen molar-refractivity contribution in [1.82, 2.24) is 14.8 Å². The Hall–Kier alpha value is -2.48. The van der Waals surface area contributed by atoms with Crippen LogP contribution in [0.2, 0.25) is 0 Å². The van der Waals surface area contributed by atoms with Crippen LogP contribution in [0, 0.1) is 0 Å². The minimum absolute atomic E-state index is 0.380. The molecule has 0 unspecified atom stereocenters. The highest BCUT2D eigenvalue weighted by Crippen LogP contribution is 2.32. The van der Waals surface area contributed by atoms with E-state index >= 15 is 0 Å². The van der Waals surface area contributed by atoms with Gasteiger partial charge in [-0.1, -0.05) is 30.0 Å². The molecule has 0 amide bonds. The topological polar surface area (TPSA) is 39.9 Å². The maximum Gasteiger partial charge on any atom is 0.416 e. The smallest absolute Gasteiger partial charge is 0.416 e. The molecule has 0 bridgehead atoms. The molecule has 3 rings (SSSR count). The van der Waals surface area contributed by atoms with E-state index in [4.69, 9.17) is 4.74 Å². The van der Waals surface area contributed by atoms with Crippen molar-refractivity contribution in [3.05, 3.63) is 59.7 Å². The molecule has 4 nitrogen and oxygen atoms in total. The van der Waals surface area contributed by atoms with E-state index in [9.17, 15) is 13.2 Å². The van der Waals surface area contributed by atoms with Gasteiger partial charge in [-0.3, -0.25) is 0 Å². The Kier molecular flexibility index (Phi) is 6.28. The molecule has 0 N–H and O–H groups in total. The number of nitrogens with zero attached hydrogens (tertiary/aromatic N) is 3. The molecule has 0 saturated carbocycles. The summed E-state index contributed by atoms with van der Waals surface area (Å²) in [5.41, 5.74) is 0.856. The number of rotatable bonds is 7. The van der Waals surface area contributed by atoms with E-state index in [1.54, 1.807) is 6.07 Å². The third-order valence-corrected chi connectivity index (χ3v) is 5.12. The zero-order chi connectivity index (χ0) is 20.1. The van der Waals surface area contributed by atoms with Crippen molar-refractivity contribution >= 4 is 11.8 Å². The van der Waals surface area contributed by atoms with Crippen LogP contribution in [0.3, 0.4) is 0 Å². The van der Waals surface area contributed by atoms with Crippen LogP contribution in [0.5, 0.6) is 5.75 Å². The maximum absolute atomic E-state index is 12.9. The molecular weight excluding hydrogens is 387 g/mol. The van der Waals surface area contributed by atoms with Crippen LogP contribution in [0.15, 0.2) is 53.7 Å². The van der Waals surface area contributed by atoms with E-state index in [1.165, 1.54) is 23.9 Å². The summed E-state index contributed by atoms with van der Waals surface area (Å²) in [5.74, 6) is 1.88. The second-order valence-electron chi connectivity index (χ2n) is 5.99. The molecule has 0 atom stereocenters. The zero-order valence-electron chi connectivity index (χ0n) is 15.5. The SMILES string of the molecule is CCOc1ccc(-c2nnc(SCc3cccc(C(F)(F)F)c3)n2CC)cc1. The Balaban J connectivity index is 1.77. The lowest BCUT2D eigenvalue weighted by Crippen LogP contribution is -2.05. The molecule has 0 aliphatic rings. The van der Waals surface area contributed by atoms with Crippen LogP contribution in [-0.4, -0.2) is 21.4 Å². The first-order valence-corrected chi connectivity index (χ1v) is 9.86. The molecule has 1 aromatic heterocycles. The standard InChI is InChI=1S/C20H20F3N3OS/c1-3-26-18(15-8-10-17(11-9-15)27-4-2)24-25-19(26)28-13-14-6-5-7-16(12-14)20(21,22)23/h5-12H,3-4,13H2,1-2H3. The fourth-order valence-electron chi connectivity index (χ4n) is 2.75. The van der Waals surface area contributed by atoms with Crippen LogP contribution < -0.4 is 4.74 Å². The molecule has 8 heteroatoms. The molecule has 3 aromatic rings. The first kappa shape index (κ1) is 20.3. The van der Waals surface area contributed by atoms with E-state index in [0.29, 0.717) is 29.6 Å². The van der Waals surface area contributed by atoms with Gasteiger partial charge in [0.15, 0.2) is 11.0 Å². The van der Waals surface area contributed by atoms with Crippen molar-refractivity contribution in [2.24, 2.45) is 0 Å². The van der Waals surface area contributed by atoms with Gasteiger partial charge in [0.25, 0.3) is 0 Å². The fraction of sp³-hybridized carbons (Fsp3) is 0.300. The maximum atomic E-state index is 12.9. The summed E-state index contributed by atoms with van der Waals surface area (Å²) in [6, 6.07) is 13.0. The van der Waals surface area contributed by atoms with Gasteiger partial charge < -0.3 is 9.30 Å². The first-order valence-electron chi connectivity index (χ1n) is 8.87. The minimum Gasteiger partial charge on any atom is -0.494 e. The van der Waals surface area contributed by atoms with Gasteiger partial charge in [-0.05, 0) is 49.7 Å². The molecule has 28 heavy (non-hydrogen) atoms. The summed E-state index contributed by atoms with van der Waals surface area (Å²) in [7, 11) is 0. The largest absolute Gasteiger partial charge is 0.494 e. The van der Waals surface area contributed by atoms with Gasteiger partial charge in [-0.25, -0.2) is 0 Å². The Bertz CT molecular complexity index is 923. The molecule has 148 valence electrons. The molecule has 0 radical (unpaired) electrons. The van der Waals surface area contributed by atoms with Gasteiger partial charge in [-0.2, -0.15) is 13.2 Å². The summed E-state index contributed by atoms with van der Waals surface area (Å²) >= 11 is 1.37. The molecule has 1 heterocycles. The highest BCUT2D eigenvalue weighted by molar-refractivity contribution is 7.98. The molecule has 0 saturated heterocycles. The van der Waals surface area contributed by atoms with Crippen molar-refractivity contribution in [3.8, 4) is 17.1 Å². The lowest BCUT2D eigenvalue weighted by Gasteiger charge is -2.10. The van der Waals surface area contributed by atoms with Crippen molar-refractivity contribution in [1.29, 1.82) is 0 Å². The second-order valence-corrected chi connectivity index (χ2v) is 6.94. The summed E-state index contributed by atoms with van der Waals surface area (Å²) < 4.78 is 46.0. The normalized spacial score (nSPS) is 11.6. The lowest BCUT2D eigenvalue weighted by molar-refractivity contribution is -0.137. The summed E-state index contributed by atoms with van der Waals surface area (Å²) in [6.07, 6.45) is -4.34. The Labute approximate surface area is 165 Å². The molecule has 0 aliphatic heterocycles. The van der Waals surface area contributed by atoms with Crippen molar-refractivity contribution in [2.75, 3.05) is 6.61 Å². The number of alkyl halides is 3. The van der Waals surface area contributed by atoms with Gasteiger partial charge in [0.05, 0.1) is 12.2 Å². The van der Waals surface area contributed by atoms with Gasteiger partial charge in [-0.15, -0.1) is 10.2 Å². The number of hydrogen-bond acceptors (Lipinski definition) is 4. The van der Waals surface area contributed by atoms with Crippen molar-refractivity contribution < 1.29 is 17.9 Å². The number of ether oxygens (including phenoxy) is 1. The quantitative estimate of drug-likeness (QED) is 0.473. The van der Waals surface area contributed by atoms with E-state index in [1.807, 2.05) is 42.7 Å². The molecular formula is C20H20F3N3OS. The third kappa shape index (κ3) is 4.67. The first-order chi connectivity index (χ1) is 13.4. The Morgan fingerprint density at radius 3 is 2.43 bits per heavy atom. The highest BCUT2D eigenvalue weighted by Gasteiger charge is 2.30. The summed E-state index contributed by atoms with van der Waals surface area (Å²) in [5, 5.41) is 9.17. The number of aromatic nitrogens is 3. The number of thioether (sulfide) groups is 1. The summed E-state index contributed by atoms with van der Waals surface area (Å²) in [6.45, 7) is 5.16. The van der Waals surface area contributed by atoms with E-state index in [-0.39, 0.29) is 0 Å². The van der Waals surface area contributed by atoms with Crippen LogP contribution in [-0.2, 0) is 18.5 Å². The van der Waals surface area contributed by atoms with E-state index in [0.717, 1.165) is 23.2 Å². The van der Waals surface area contributed by atoms with Crippen molar-refractivity contribution in [2.45, 2.75) is 37.5 Å². The van der Waals surface area contributed by atoms with Gasteiger partial charge in [0.2, 0.25) is 0 Å². The Morgan fingerprint density at radius 1 is 1.04 bits per heavy atom. The van der Waals surface area contributed by atoms with Crippen molar-refractivity contribution in [3.63, 3.8) is 0 Å². The lowest BCUT2D eigenvalue weighted by atomic mass is 10.1. The molecule has 0 spiro atoms. The number of halogens is 3. The van der Waals surface area contributed by atoms with E-state index < -0.39 is 11.7 Å². The average molecular weight is 407 g/mol. The van der Waals surface area contributed by atoms with Gasteiger partial charge >= 0.3 is 6.18 Å². The second kappa shape index (κ2) is 8.68. The minimum atomic E-state index is -4.34. The number of benzene rings is 2. The third-order valence-electron chi connectivity index (χ3n) is 4.08. The summed E-state index contributed by atoms with van der Waals surface area (Å²) in [4.78, 5) is 0. The Morgan fingerprint density at radius 2 is 1.79 bits per heavy atom. The molecule has 0 fully saturated rings. The van der Waals surface area contributed by atoms with Gasteiger partial charge in [0, 0.05) is 17.9 Å². The number of hydrogen-bond donors (Lipinski definition) is 0. The fourth-order valence-corrected chi connectivity index (χ4v) is 3.69. The van der Waals surface area contributed by atoms with Crippen LogP contribution in [0.1, 0.15) is 25.0 Å². The zero-order valence-corrected chi connectivity index (χ0v) is 16.3. The monoisotopic (exact) mass is 407 g/mol. The van der Waals surface area contributed by atoms with E-state index in [2.05, 4.69) is 10.2 Å². The molecule has 2 aromatic carbocycles. The van der Waals surface area contributed by atoms with Crippen LogP contribution in [0.4, 0.5) is 13.2 Å². The van der Waals surface area contributed by atoms with Crippen LogP contribution in [0.25, 0.3) is 11.4 Å². The van der Waals surface area contributed by atoms with Crippen LogP contribution >= 0.6 is 11.8 Å². The van der Waals surface area contributed by atoms with Gasteiger partial charge in [0.1, 0.15) is 5.75 Å². The average Bonchev–Trinajstić information content (AvgIpc) is 3.10. The predicted molar refractivity (Wildman–Crippen MR) is 103 cm³/mol. The highest BCUT2D eigenvalue weighted by atomic mass is 32.2. The predicted octanol–water partition coefficient (Wildman–Crippen LogP) is 5.67. The molecule has 0 aliphatic carbocycles.